The number of fused-ring (bicyclic) bond motifs is 2. The van der Waals surface area contributed by atoms with E-state index in [0.29, 0.717) is 17.8 Å². The van der Waals surface area contributed by atoms with Crippen molar-refractivity contribution in [1.82, 2.24) is 0 Å². The fraction of sp³-hybridized carbons (Fsp3) is 0.261. The summed E-state index contributed by atoms with van der Waals surface area (Å²) in [6.45, 7) is 0. The van der Waals surface area contributed by atoms with Crippen LogP contribution >= 0.6 is 0 Å². The predicted octanol–water partition coefficient (Wildman–Crippen LogP) is 5.88. The normalized spacial score (nSPS) is 23.9. The molecule has 2 aromatic rings. The molecule has 2 aromatic carbocycles. The van der Waals surface area contributed by atoms with Crippen LogP contribution in [-0.4, -0.2) is 3.76 Å². The Kier molecular flexibility index (Phi) is 3.86. The molecule has 0 nitrogen and oxygen atoms in total. The van der Waals surface area contributed by atoms with Crippen molar-refractivity contribution in [1.29, 1.82) is 0 Å². The fourth-order valence-corrected chi connectivity index (χ4v) is 12.8. The van der Waals surface area contributed by atoms with Crippen molar-refractivity contribution in [3.8, 4) is 0 Å². The Hall–Kier alpha value is -1.34. The predicted molar refractivity (Wildman–Crippen MR) is 100 cm³/mol. The molecule has 5 rings (SSSR count). The molecule has 0 aromatic heterocycles. The number of rotatable bonds is 4. The summed E-state index contributed by atoms with van der Waals surface area (Å²) in [5, 5.41) is 0. The third-order valence-electron chi connectivity index (χ3n) is 5.82. The van der Waals surface area contributed by atoms with Gasteiger partial charge in [-0.2, -0.15) is 0 Å². The third kappa shape index (κ3) is 2.67. The second-order valence-electron chi connectivity index (χ2n) is 7.29. The Bertz CT molecular complexity index is 804. The average Bonchev–Trinajstić information content (AvgIpc) is 3.21. The van der Waals surface area contributed by atoms with Crippen molar-refractivity contribution in [2.75, 3.05) is 0 Å². The van der Waals surface area contributed by atoms with Gasteiger partial charge in [0.1, 0.15) is 0 Å². The van der Waals surface area contributed by atoms with Gasteiger partial charge in [-0.05, 0) is 0 Å². The van der Waals surface area contributed by atoms with Gasteiger partial charge in [-0.15, -0.1) is 0 Å². The van der Waals surface area contributed by atoms with E-state index in [4.69, 9.17) is 0 Å². The first-order chi connectivity index (χ1) is 11.9. The molecule has 24 heavy (non-hydrogen) atoms. The van der Waals surface area contributed by atoms with Crippen LogP contribution in [0.4, 0.5) is 0 Å². The minimum atomic E-state index is -1.10. The summed E-state index contributed by atoms with van der Waals surface area (Å²) in [7, 11) is 0. The quantitative estimate of drug-likeness (QED) is 0.483. The Labute approximate surface area is 151 Å². The monoisotopic (exact) mass is 478 g/mol. The number of benzene rings is 2. The van der Waals surface area contributed by atoms with Gasteiger partial charge in [0, 0.05) is 0 Å². The molecule has 1 heteroatoms. The van der Waals surface area contributed by atoms with E-state index in [2.05, 4.69) is 76.6 Å². The van der Waals surface area contributed by atoms with E-state index in [0.717, 1.165) is 0 Å². The summed E-state index contributed by atoms with van der Waals surface area (Å²) in [5.41, 5.74) is 5.94. The Balaban J connectivity index is 1.54. The molecule has 0 spiro atoms. The zero-order valence-electron chi connectivity index (χ0n) is 13.9. The molecule has 2 atom stereocenters. The van der Waals surface area contributed by atoms with Gasteiger partial charge in [0.05, 0.1) is 0 Å². The SMILES string of the molecule is C1=CC(C(C[CH]=[Hf]2[CH2][CH2]2)C2C=Cc3ccccc32)c2ccccc21. The van der Waals surface area contributed by atoms with Crippen LogP contribution in [0.1, 0.15) is 40.5 Å². The topological polar surface area (TPSA) is 0 Å². The summed E-state index contributed by atoms with van der Waals surface area (Å²) >= 11 is -1.10. The zero-order chi connectivity index (χ0) is 15.9. The van der Waals surface area contributed by atoms with Crippen LogP contribution in [0.2, 0.25) is 8.35 Å². The molecular weight excluding hydrogens is 455 g/mol. The van der Waals surface area contributed by atoms with Gasteiger partial charge < -0.3 is 0 Å². The first kappa shape index (κ1) is 15.0. The second-order valence-corrected chi connectivity index (χ2v) is 17.1. The van der Waals surface area contributed by atoms with E-state index in [1.807, 2.05) is 0 Å². The van der Waals surface area contributed by atoms with E-state index in [1.54, 1.807) is 19.5 Å². The second kappa shape index (κ2) is 6.19. The van der Waals surface area contributed by atoms with E-state index in [-0.39, 0.29) is 0 Å². The molecule has 0 radical (unpaired) electrons. The van der Waals surface area contributed by atoms with Gasteiger partial charge in [0.2, 0.25) is 0 Å². The summed E-state index contributed by atoms with van der Waals surface area (Å²) in [6.07, 6.45) is 11.0. The molecule has 0 bridgehead atoms. The van der Waals surface area contributed by atoms with Crippen LogP contribution in [0.5, 0.6) is 0 Å². The zero-order valence-corrected chi connectivity index (χ0v) is 17.5. The van der Waals surface area contributed by atoms with E-state index in [1.165, 1.54) is 17.5 Å². The molecule has 1 fully saturated rings. The Morgan fingerprint density at radius 1 is 0.833 bits per heavy atom. The molecule has 1 heterocycles. The van der Waals surface area contributed by atoms with Crippen molar-refractivity contribution in [3.05, 3.63) is 82.9 Å². The van der Waals surface area contributed by atoms with Crippen LogP contribution in [0, 0.1) is 5.92 Å². The van der Waals surface area contributed by atoms with Gasteiger partial charge >= 0.3 is 152 Å². The first-order valence-corrected chi connectivity index (χ1v) is 16.3. The van der Waals surface area contributed by atoms with Crippen LogP contribution < -0.4 is 0 Å². The molecule has 0 amide bonds. The van der Waals surface area contributed by atoms with Crippen molar-refractivity contribution in [3.63, 3.8) is 0 Å². The molecule has 1 saturated heterocycles. The van der Waals surface area contributed by atoms with Crippen molar-refractivity contribution < 1.29 is 21.0 Å². The van der Waals surface area contributed by atoms with Gasteiger partial charge in [-0.3, -0.25) is 0 Å². The molecule has 2 aliphatic carbocycles. The maximum atomic E-state index is 2.82. The standard InChI is InChI=1S/C21H18.C2H4.Hf/c1-2-17(20-13-11-15-7-3-5-9-18(15)20)21-14-12-16-8-4-6-10-19(16)21;1-2;/h1,3-14,17,20-21H,2H2;1-2H2;. The maximum absolute atomic E-state index is 2.82. The van der Waals surface area contributed by atoms with E-state index < -0.39 is 21.0 Å². The number of allylic oxidation sites excluding steroid dienone is 2. The summed E-state index contributed by atoms with van der Waals surface area (Å²) in [5.74, 6) is 1.83. The minimum absolute atomic E-state index is 0.573. The van der Waals surface area contributed by atoms with E-state index >= 15 is 0 Å². The Morgan fingerprint density at radius 2 is 1.38 bits per heavy atom. The molecule has 118 valence electrons. The van der Waals surface area contributed by atoms with Gasteiger partial charge in [-0.1, -0.05) is 0 Å². The molecule has 3 aliphatic rings. The fourth-order valence-electron chi connectivity index (χ4n) is 4.40. The molecule has 2 unspecified atom stereocenters. The van der Waals surface area contributed by atoms with Crippen LogP contribution in [-0.2, 0) is 21.0 Å². The Morgan fingerprint density at radius 3 is 1.92 bits per heavy atom. The molecule has 1 aliphatic heterocycles. The van der Waals surface area contributed by atoms with Gasteiger partial charge in [0.25, 0.3) is 0 Å². The summed E-state index contributed by atoms with van der Waals surface area (Å²) in [4.78, 5) is 0. The van der Waals surface area contributed by atoms with Crippen LogP contribution in [0.3, 0.4) is 0 Å². The van der Waals surface area contributed by atoms with Crippen molar-refractivity contribution in [2.45, 2.75) is 26.6 Å². The average molecular weight is 477 g/mol. The van der Waals surface area contributed by atoms with E-state index in [9.17, 15) is 0 Å². The molecule has 0 saturated carbocycles. The summed E-state index contributed by atoms with van der Waals surface area (Å²) in [6, 6.07) is 18.0. The van der Waals surface area contributed by atoms with Crippen molar-refractivity contribution in [2.24, 2.45) is 5.92 Å². The molecule has 0 N–H and O–H groups in total. The first-order valence-electron chi connectivity index (χ1n) is 9.12. The van der Waals surface area contributed by atoms with Crippen LogP contribution in [0.25, 0.3) is 12.2 Å². The third-order valence-corrected chi connectivity index (χ3v) is 12.6. The van der Waals surface area contributed by atoms with Gasteiger partial charge in [0.15, 0.2) is 0 Å². The number of hydrogen-bond acceptors (Lipinski definition) is 0. The van der Waals surface area contributed by atoms with Crippen molar-refractivity contribution >= 4 is 15.9 Å². The summed E-state index contributed by atoms with van der Waals surface area (Å²) < 4.78 is 6.05. The van der Waals surface area contributed by atoms with Crippen LogP contribution in [0.15, 0.2) is 60.7 Å². The number of hydrogen-bond donors (Lipinski definition) is 0. The molecular formula is C23H22Hf. The van der Waals surface area contributed by atoms with Gasteiger partial charge in [-0.25, -0.2) is 0 Å².